The van der Waals surface area contributed by atoms with Crippen molar-refractivity contribution in [3.63, 3.8) is 0 Å². The van der Waals surface area contributed by atoms with Crippen molar-refractivity contribution in [2.45, 2.75) is 19.4 Å². The van der Waals surface area contributed by atoms with E-state index in [1.165, 1.54) is 14.2 Å². The summed E-state index contributed by atoms with van der Waals surface area (Å²) < 4.78 is 15.6. The fourth-order valence-corrected chi connectivity index (χ4v) is 4.42. The Kier molecular flexibility index (Phi) is 7.24. The van der Waals surface area contributed by atoms with Gasteiger partial charge in [0.05, 0.1) is 32.1 Å². The van der Waals surface area contributed by atoms with Gasteiger partial charge >= 0.3 is 11.9 Å². The second-order valence-corrected chi connectivity index (χ2v) is 8.68. The summed E-state index contributed by atoms with van der Waals surface area (Å²) in [6.45, 7) is 3.83. The summed E-state index contributed by atoms with van der Waals surface area (Å²) in [5, 5.41) is 12.5. The van der Waals surface area contributed by atoms with Crippen molar-refractivity contribution >= 4 is 17.6 Å². The Labute approximate surface area is 210 Å². The summed E-state index contributed by atoms with van der Waals surface area (Å²) >= 11 is 0. The first-order valence-corrected chi connectivity index (χ1v) is 11.5. The summed E-state index contributed by atoms with van der Waals surface area (Å²) in [6, 6.07) is 22.5. The lowest BCUT2D eigenvalue weighted by atomic mass is 9.79. The molecular weight excluding hydrogens is 458 g/mol. The molecule has 0 fully saturated rings. The zero-order valence-corrected chi connectivity index (χ0v) is 20.8. The lowest BCUT2D eigenvalue weighted by Crippen LogP contribution is -2.41. The number of nitrogens with zero attached hydrogens (tertiary/aromatic N) is 1. The highest BCUT2D eigenvalue weighted by atomic mass is 16.5. The number of aryl methyl sites for hydroxylation is 2. The van der Waals surface area contributed by atoms with Gasteiger partial charge in [-0.05, 0) is 31.0 Å². The second kappa shape index (κ2) is 10.4. The first-order valence-electron chi connectivity index (χ1n) is 11.5. The highest BCUT2D eigenvalue weighted by molar-refractivity contribution is 6.03. The molecular formula is C29H29NO6. The monoisotopic (exact) mass is 487 g/mol. The standard InChI is InChI=1S/C29H29NO6/c1-19-9-13-21(14-10-19)29(33,22-15-11-20(2)12-16-22)24-7-5-6-8-25(24)30-18-36-17-23(27(31)34-3)26(30)28(32)35-4/h5-16,33H,17-18H2,1-4H3. The van der Waals surface area contributed by atoms with Crippen molar-refractivity contribution in [1.82, 2.24) is 0 Å². The van der Waals surface area contributed by atoms with E-state index >= 15 is 0 Å². The number of hydrogen-bond donors (Lipinski definition) is 1. The molecule has 0 spiro atoms. The highest BCUT2D eigenvalue weighted by Crippen LogP contribution is 2.43. The van der Waals surface area contributed by atoms with Gasteiger partial charge in [-0.2, -0.15) is 0 Å². The van der Waals surface area contributed by atoms with Crippen LogP contribution in [0.15, 0.2) is 84.1 Å². The fourth-order valence-electron chi connectivity index (χ4n) is 4.42. The van der Waals surface area contributed by atoms with E-state index < -0.39 is 17.5 Å². The van der Waals surface area contributed by atoms with E-state index in [-0.39, 0.29) is 24.6 Å². The number of benzene rings is 3. The van der Waals surface area contributed by atoms with Crippen LogP contribution in [0.5, 0.6) is 0 Å². The molecule has 7 heteroatoms. The third-order valence-electron chi connectivity index (χ3n) is 6.36. The Morgan fingerprint density at radius 2 is 1.36 bits per heavy atom. The number of hydrogen-bond acceptors (Lipinski definition) is 7. The third kappa shape index (κ3) is 4.51. The van der Waals surface area contributed by atoms with Crippen LogP contribution in [0.1, 0.15) is 27.8 Å². The van der Waals surface area contributed by atoms with Crippen LogP contribution < -0.4 is 4.90 Å². The maximum Gasteiger partial charge on any atom is 0.355 e. The van der Waals surface area contributed by atoms with Crippen molar-refractivity contribution in [3.05, 3.63) is 112 Å². The van der Waals surface area contributed by atoms with Crippen LogP contribution in [0.3, 0.4) is 0 Å². The van der Waals surface area contributed by atoms with Gasteiger partial charge in [0.2, 0.25) is 0 Å². The van der Waals surface area contributed by atoms with Crippen LogP contribution in [0.2, 0.25) is 0 Å². The van der Waals surface area contributed by atoms with Crippen molar-refractivity contribution in [3.8, 4) is 0 Å². The Morgan fingerprint density at radius 1 is 0.833 bits per heavy atom. The molecule has 3 aromatic rings. The molecule has 1 aliphatic heterocycles. The normalized spacial score (nSPS) is 14.0. The van der Waals surface area contributed by atoms with Crippen LogP contribution in [0, 0.1) is 13.8 Å². The van der Waals surface area contributed by atoms with E-state index in [0.29, 0.717) is 22.4 Å². The Balaban J connectivity index is 1.99. The van der Waals surface area contributed by atoms with Gasteiger partial charge in [-0.1, -0.05) is 77.9 Å². The molecule has 7 nitrogen and oxygen atoms in total. The summed E-state index contributed by atoms with van der Waals surface area (Å²) in [7, 11) is 2.49. The minimum absolute atomic E-state index is 0.0122. The lowest BCUT2D eigenvalue weighted by molar-refractivity contribution is -0.140. The largest absolute Gasteiger partial charge is 0.466 e. The van der Waals surface area contributed by atoms with Crippen LogP contribution in [0.25, 0.3) is 0 Å². The SMILES string of the molecule is COC(=O)C1=C(C(=O)OC)N(c2ccccc2C(O)(c2ccc(C)cc2)c2ccc(C)cc2)COC1. The number of methoxy groups -OCH3 is 2. The van der Waals surface area contributed by atoms with Gasteiger partial charge in [0.15, 0.2) is 0 Å². The summed E-state index contributed by atoms with van der Waals surface area (Å²) in [6.07, 6.45) is 0. The molecule has 3 aromatic carbocycles. The molecule has 0 amide bonds. The van der Waals surface area contributed by atoms with E-state index in [1.807, 2.05) is 68.4 Å². The molecule has 4 rings (SSSR count). The van der Waals surface area contributed by atoms with E-state index in [9.17, 15) is 14.7 Å². The van der Waals surface area contributed by atoms with Gasteiger partial charge in [-0.25, -0.2) is 9.59 Å². The van der Waals surface area contributed by atoms with Crippen molar-refractivity contribution < 1.29 is 28.9 Å². The topological polar surface area (TPSA) is 85.3 Å². The predicted octanol–water partition coefficient (Wildman–Crippen LogP) is 3.98. The van der Waals surface area contributed by atoms with Crippen LogP contribution in [-0.2, 0) is 29.4 Å². The predicted molar refractivity (Wildman–Crippen MR) is 135 cm³/mol. The average molecular weight is 488 g/mol. The van der Waals surface area contributed by atoms with E-state index in [0.717, 1.165) is 11.1 Å². The number of carbonyl (C=O) groups is 2. The van der Waals surface area contributed by atoms with Gasteiger partial charge in [0.1, 0.15) is 18.0 Å². The number of para-hydroxylation sites is 1. The van der Waals surface area contributed by atoms with Gasteiger partial charge in [0, 0.05) is 5.56 Å². The number of ether oxygens (including phenoxy) is 3. The highest BCUT2D eigenvalue weighted by Gasteiger charge is 2.40. The van der Waals surface area contributed by atoms with Gasteiger partial charge < -0.3 is 24.2 Å². The van der Waals surface area contributed by atoms with E-state index in [2.05, 4.69) is 0 Å². The van der Waals surface area contributed by atoms with E-state index in [1.54, 1.807) is 23.1 Å². The molecule has 0 bridgehead atoms. The minimum Gasteiger partial charge on any atom is -0.466 e. The second-order valence-electron chi connectivity index (χ2n) is 8.68. The molecule has 0 atom stereocenters. The van der Waals surface area contributed by atoms with E-state index in [4.69, 9.17) is 14.2 Å². The number of esters is 2. The molecule has 0 aromatic heterocycles. The van der Waals surface area contributed by atoms with Crippen LogP contribution in [-0.4, -0.2) is 44.6 Å². The Bertz CT molecular complexity index is 1250. The molecule has 1 aliphatic rings. The zero-order chi connectivity index (χ0) is 25.9. The molecule has 0 saturated carbocycles. The van der Waals surface area contributed by atoms with Gasteiger partial charge in [-0.3, -0.25) is 0 Å². The smallest absolute Gasteiger partial charge is 0.355 e. The minimum atomic E-state index is -1.58. The first-order chi connectivity index (χ1) is 17.3. The zero-order valence-electron chi connectivity index (χ0n) is 20.8. The first kappa shape index (κ1) is 25.2. The van der Waals surface area contributed by atoms with Gasteiger partial charge in [-0.15, -0.1) is 0 Å². The van der Waals surface area contributed by atoms with Crippen LogP contribution >= 0.6 is 0 Å². The molecule has 36 heavy (non-hydrogen) atoms. The molecule has 0 unspecified atom stereocenters. The third-order valence-corrected chi connectivity index (χ3v) is 6.36. The Morgan fingerprint density at radius 3 is 1.89 bits per heavy atom. The fraction of sp³-hybridized carbons (Fsp3) is 0.241. The molecule has 1 heterocycles. The van der Waals surface area contributed by atoms with Crippen molar-refractivity contribution in [2.24, 2.45) is 0 Å². The summed E-state index contributed by atoms with van der Waals surface area (Å²) in [5.41, 5.74) is 2.89. The average Bonchev–Trinajstić information content (AvgIpc) is 2.92. The molecule has 0 radical (unpaired) electrons. The Hall–Kier alpha value is -3.94. The molecule has 0 saturated heterocycles. The number of carbonyl (C=O) groups excluding carboxylic acids is 2. The maximum atomic E-state index is 12.9. The molecule has 186 valence electrons. The lowest BCUT2D eigenvalue weighted by Gasteiger charge is -2.37. The van der Waals surface area contributed by atoms with Crippen molar-refractivity contribution in [1.29, 1.82) is 0 Å². The quantitative estimate of drug-likeness (QED) is 0.416. The maximum absolute atomic E-state index is 12.9. The number of aliphatic hydroxyl groups is 1. The van der Waals surface area contributed by atoms with Crippen molar-refractivity contribution in [2.75, 3.05) is 32.5 Å². The van der Waals surface area contributed by atoms with Gasteiger partial charge in [0.25, 0.3) is 0 Å². The summed E-state index contributed by atoms with van der Waals surface area (Å²) in [4.78, 5) is 27.0. The molecule has 0 aliphatic carbocycles. The summed E-state index contributed by atoms with van der Waals surface area (Å²) in [5.74, 6) is -1.40. The molecule has 1 N–H and O–H groups in total. The van der Waals surface area contributed by atoms with Crippen LogP contribution in [0.4, 0.5) is 5.69 Å². The number of rotatable bonds is 6. The number of anilines is 1.